The van der Waals surface area contributed by atoms with Crippen molar-refractivity contribution in [3.63, 3.8) is 0 Å². The van der Waals surface area contributed by atoms with Crippen LogP contribution in [0.15, 0.2) is 17.7 Å². The highest BCUT2D eigenvalue weighted by Gasteiger charge is 2.30. The molecule has 2 N–H and O–H groups in total. The number of anilines is 1. The van der Waals surface area contributed by atoms with Crippen LogP contribution in [-0.2, 0) is 20.8 Å². The van der Waals surface area contributed by atoms with Crippen molar-refractivity contribution in [2.24, 2.45) is 11.8 Å². The summed E-state index contributed by atoms with van der Waals surface area (Å²) in [5.41, 5.74) is 1.96. The molecule has 1 aromatic carbocycles. The van der Waals surface area contributed by atoms with Gasteiger partial charge >= 0.3 is 5.97 Å². The topological polar surface area (TPSA) is 83.5 Å². The molecular weight excluding hydrogens is 337 g/mol. The van der Waals surface area contributed by atoms with Crippen molar-refractivity contribution in [1.82, 2.24) is 0 Å². The number of carboxylic acid groups (broad SMARTS) is 1. The highest BCUT2D eigenvalue weighted by atomic mass is 19.1. The fraction of sp³-hybridized carbons (Fsp3) is 0.450. The molecule has 0 atom stereocenters. The van der Waals surface area contributed by atoms with Crippen molar-refractivity contribution < 1.29 is 23.9 Å². The molecule has 6 heteroatoms. The molecule has 1 saturated carbocycles. The first-order chi connectivity index (χ1) is 12.4. The minimum absolute atomic E-state index is 0.0785. The Morgan fingerprint density at radius 3 is 2.54 bits per heavy atom. The molecule has 1 fully saturated rings. The summed E-state index contributed by atoms with van der Waals surface area (Å²) in [5.74, 6) is -1.89. The van der Waals surface area contributed by atoms with Crippen molar-refractivity contribution in [2.75, 3.05) is 12.4 Å². The highest BCUT2D eigenvalue weighted by molar-refractivity contribution is 6.25. The average molecular weight is 359 g/mol. The Labute approximate surface area is 151 Å². The third-order valence-electron chi connectivity index (χ3n) is 5.43. The van der Waals surface area contributed by atoms with Crippen LogP contribution >= 0.6 is 0 Å². The number of nitrogens with one attached hydrogen (secondary N) is 1. The molecule has 3 rings (SSSR count). The number of Topliss-reactive ketones (excluding diaryl/α,β-unsaturated/α-hetero) is 2. The minimum atomic E-state index is -0.779. The van der Waals surface area contributed by atoms with Crippen LogP contribution in [0.3, 0.4) is 0 Å². The number of halogens is 1. The largest absolute Gasteiger partial charge is 0.481 e. The lowest BCUT2D eigenvalue weighted by molar-refractivity contribution is -0.143. The van der Waals surface area contributed by atoms with Crippen molar-refractivity contribution in [3.8, 4) is 0 Å². The molecule has 0 aromatic heterocycles. The van der Waals surface area contributed by atoms with Crippen molar-refractivity contribution >= 4 is 29.3 Å². The number of carbonyl (C=O) groups excluding carboxylic acids is 2. The van der Waals surface area contributed by atoms with Gasteiger partial charge in [0.2, 0.25) is 0 Å². The van der Waals surface area contributed by atoms with Crippen LogP contribution in [0.25, 0.3) is 6.08 Å². The molecule has 1 aromatic rings. The summed E-state index contributed by atoms with van der Waals surface area (Å²) >= 11 is 0. The van der Waals surface area contributed by atoms with Crippen LogP contribution in [0, 0.1) is 17.7 Å². The molecule has 0 unspecified atom stereocenters. The van der Waals surface area contributed by atoms with Gasteiger partial charge in [-0.25, -0.2) is 4.39 Å². The number of rotatable bonds is 5. The molecule has 0 spiro atoms. The van der Waals surface area contributed by atoms with E-state index in [1.807, 2.05) is 0 Å². The number of hydrogen-bond donors (Lipinski definition) is 2. The quantitative estimate of drug-likeness (QED) is 0.789. The Balaban J connectivity index is 1.75. The Kier molecular flexibility index (Phi) is 5.20. The number of ketones is 2. The molecule has 138 valence electrons. The smallest absolute Gasteiger partial charge is 0.306 e. The fourth-order valence-corrected chi connectivity index (χ4v) is 3.92. The van der Waals surface area contributed by atoms with Crippen molar-refractivity contribution in [3.05, 3.63) is 34.6 Å². The standard InChI is InChI=1S/C20H22FNO4/c1-22-17-9-14(21)7-13-8-16(19(24)10-15(13)17)18(23)6-11-2-4-12(5-3-11)20(25)26/h7-9,11-12,22H,2-6,10H2,1H3,(H,25,26). The molecule has 2 aliphatic rings. The summed E-state index contributed by atoms with van der Waals surface area (Å²) < 4.78 is 13.8. The van der Waals surface area contributed by atoms with Crippen molar-refractivity contribution in [1.29, 1.82) is 0 Å². The molecule has 0 bridgehead atoms. The van der Waals surface area contributed by atoms with Gasteiger partial charge in [0.05, 0.1) is 11.5 Å². The maximum atomic E-state index is 13.8. The average Bonchev–Trinajstić information content (AvgIpc) is 2.61. The van der Waals surface area contributed by atoms with Gasteiger partial charge in [0.15, 0.2) is 11.6 Å². The third kappa shape index (κ3) is 3.69. The summed E-state index contributed by atoms with van der Waals surface area (Å²) in [4.78, 5) is 36.1. The Bertz CT molecular complexity index is 791. The number of benzene rings is 1. The lowest BCUT2D eigenvalue weighted by atomic mass is 9.78. The van der Waals surface area contributed by atoms with E-state index in [0.29, 0.717) is 42.5 Å². The second-order valence-electron chi connectivity index (χ2n) is 7.11. The SMILES string of the molecule is CNc1cc(F)cc2c1CC(=O)C(C(=O)CC1CCC(C(=O)O)CC1)=C2. The van der Waals surface area contributed by atoms with Gasteiger partial charge in [0, 0.05) is 25.6 Å². The van der Waals surface area contributed by atoms with E-state index in [0.717, 1.165) is 0 Å². The predicted molar refractivity (Wildman–Crippen MR) is 95.3 cm³/mol. The predicted octanol–water partition coefficient (Wildman–Crippen LogP) is 3.23. The van der Waals surface area contributed by atoms with Gasteiger partial charge in [-0.3, -0.25) is 14.4 Å². The second kappa shape index (κ2) is 7.40. The molecule has 0 aliphatic heterocycles. The minimum Gasteiger partial charge on any atom is -0.481 e. The summed E-state index contributed by atoms with van der Waals surface area (Å²) in [7, 11) is 1.66. The second-order valence-corrected chi connectivity index (χ2v) is 7.11. The molecule has 5 nitrogen and oxygen atoms in total. The number of hydrogen-bond acceptors (Lipinski definition) is 4. The first-order valence-corrected chi connectivity index (χ1v) is 8.90. The lowest BCUT2D eigenvalue weighted by Crippen LogP contribution is -2.25. The lowest BCUT2D eigenvalue weighted by Gasteiger charge is -2.26. The summed E-state index contributed by atoms with van der Waals surface area (Å²) in [6.07, 6.45) is 4.32. The first kappa shape index (κ1) is 18.3. The van der Waals surface area contributed by atoms with E-state index < -0.39 is 11.8 Å². The van der Waals surface area contributed by atoms with E-state index in [1.165, 1.54) is 18.2 Å². The van der Waals surface area contributed by atoms with Gasteiger partial charge in [-0.15, -0.1) is 0 Å². The summed E-state index contributed by atoms with van der Waals surface area (Å²) in [5, 5.41) is 11.9. The van der Waals surface area contributed by atoms with Crippen LogP contribution in [-0.4, -0.2) is 29.7 Å². The zero-order valence-corrected chi connectivity index (χ0v) is 14.7. The van der Waals surface area contributed by atoms with Crippen LogP contribution in [0.2, 0.25) is 0 Å². The summed E-state index contributed by atoms with van der Waals surface area (Å²) in [6, 6.07) is 2.68. The zero-order valence-electron chi connectivity index (χ0n) is 14.7. The van der Waals surface area contributed by atoms with E-state index in [2.05, 4.69) is 5.32 Å². The van der Waals surface area contributed by atoms with Crippen LogP contribution in [0.1, 0.15) is 43.2 Å². The monoisotopic (exact) mass is 359 g/mol. The maximum absolute atomic E-state index is 13.8. The number of carboxylic acids is 1. The van der Waals surface area contributed by atoms with Gasteiger partial charge in [0.1, 0.15) is 5.82 Å². The summed E-state index contributed by atoms with van der Waals surface area (Å²) in [6.45, 7) is 0. The highest BCUT2D eigenvalue weighted by Crippen LogP contribution is 2.34. The number of allylic oxidation sites excluding steroid dienone is 1. The molecule has 0 amide bonds. The van der Waals surface area contributed by atoms with Gasteiger partial charge in [0.25, 0.3) is 0 Å². The van der Waals surface area contributed by atoms with E-state index in [9.17, 15) is 18.8 Å². The molecule has 0 saturated heterocycles. The van der Waals surface area contributed by atoms with E-state index in [4.69, 9.17) is 5.11 Å². The van der Waals surface area contributed by atoms with Gasteiger partial charge in [-0.05, 0) is 60.9 Å². The van der Waals surface area contributed by atoms with E-state index in [1.54, 1.807) is 7.05 Å². The fourth-order valence-electron chi connectivity index (χ4n) is 3.92. The zero-order chi connectivity index (χ0) is 18.8. The first-order valence-electron chi connectivity index (χ1n) is 8.90. The molecule has 26 heavy (non-hydrogen) atoms. The third-order valence-corrected chi connectivity index (χ3v) is 5.43. The van der Waals surface area contributed by atoms with E-state index in [-0.39, 0.29) is 41.8 Å². The molecule has 0 radical (unpaired) electrons. The molecular formula is C20H22FNO4. The Morgan fingerprint density at radius 2 is 1.92 bits per heavy atom. The van der Waals surface area contributed by atoms with Gasteiger partial charge in [-0.1, -0.05) is 0 Å². The van der Waals surface area contributed by atoms with Crippen LogP contribution in [0.4, 0.5) is 10.1 Å². The molecule has 0 heterocycles. The number of fused-ring (bicyclic) bond motifs is 1. The Hall–Kier alpha value is -2.50. The van der Waals surface area contributed by atoms with Gasteiger partial charge in [-0.2, -0.15) is 0 Å². The molecule has 2 aliphatic carbocycles. The van der Waals surface area contributed by atoms with Crippen LogP contribution < -0.4 is 5.32 Å². The van der Waals surface area contributed by atoms with Crippen molar-refractivity contribution in [2.45, 2.75) is 38.5 Å². The van der Waals surface area contributed by atoms with Crippen LogP contribution in [0.5, 0.6) is 0 Å². The van der Waals surface area contributed by atoms with Gasteiger partial charge < -0.3 is 10.4 Å². The normalized spacial score (nSPS) is 22.4. The van der Waals surface area contributed by atoms with E-state index >= 15 is 0 Å². The number of aliphatic carboxylic acids is 1. The Morgan fingerprint density at radius 1 is 1.23 bits per heavy atom. The maximum Gasteiger partial charge on any atom is 0.306 e. The number of carbonyl (C=O) groups is 3.